The highest BCUT2D eigenvalue weighted by Crippen LogP contribution is 2.50. The number of aromatic amines is 2. The number of piperidine rings is 1. The Morgan fingerprint density at radius 1 is 0.883 bits per heavy atom. The maximum absolute atomic E-state index is 14.3. The molecule has 0 radical (unpaired) electrons. The summed E-state index contributed by atoms with van der Waals surface area (Å²) in [6.45, 7) is 5.43. The standard InChI is InChI=1S/C45H52N8O7/c1-24(2)36(51-45(58)59-3)42(54)52-18-4-5-35(52)40-46-23-34(48-40)26-8-6-25(7-9-26)28-11-14-32-29(21-28)12-15-33-38(32)49-41(47-33)39-30-10-13-31(22-30)53(39)43(55)37(50-44(56)57)27-16-19-60-20-17-27/h6-9,11-12,14-15,21,23-24,27,30-31,35-37,39,50H,4-5,10,13,16-20,22H2,1-3H3,(H,46,48)(H,47,49)(H,51,58)(H,56,57)/t30-,31+,35-,36?,37?,39-/m0/s1. The first-order valence-electron chi connectivity index (χ1n) is 21.2. The molecule has 3 aromatic carbocycles. The Morgan fingerprint density at radius 3 is 2.40 bits per heavy atom. The lowest BCUT2D eigenvalue weighted by Gasteiger charge is -2.39. The van der Waals surface area contributed by atoms with Crippen LogP contribution in [0.2, 0.25) is 0 Å². The number of carboxylic acid groups (broad SMARTS) is 1. The fourth-order valence-corrected chi connectivity index (χ4v) is 10.2. The van der Waals surface area contributed by atoms with Gasteiger partial charge >= 0.3 is 12.2 Å². The molecule has 6 atom stereocenters. The largest absolute Gasteiger partial charge is 0.465 e. The van der Waals surface area contributed by atoms with Gasteiger partial charge in [-0.05, 0) is 96.9 Å². The van der Waals surface area contributed by atoms with Gasteiger partial charge in [0.1, 0.15) is 23.7 Å². The maximum atomic E-state index is 14.3. The number of rotatable bonds is 10. The molecule has 314 valence electrons. The average Bonchev–Trinajstić information content (AvgIpc) is 4.12. The molecule has 9 rings (SSSR count). The Kier molecular flexibility index (Phi) is 10.7. The third kappa shape index (κ3) is 7.33. The molecule has 15 nitrogen and oxygen atoms in total. The van der Waals surface area contributed by atoms with E-state index in [1.54, 1.807) is 6.20 Å². The predicted molar refractivity (Wildman–Crippen MR) is 224 cm³/mol. The van der Waals surface area contributed by atoms with Crippen LogP contribution in [0.1, 0.15) is 82.5 Å². The maximum Gasteiger partial charge on any atom is 0.407 e. The molecule has 4 fully saturated rings. The van der Waals surface area contributed by atoms with Gasteiger partial charge in [-0.3, -0.25) is 9.59 Å². The normalized spacial score (nSPS) is 22.7. The van der Waals surface area contributed by atoms with Gasteiger partial charge in [-0.1, -0.05) is 56.3 Å². The van der Waals surface area contributed by atoms with E-state index >= 15 is 0 Å². The zero-order chi connectivity index (χ0) is 41.7. The highest BCUT2D eigenvalue weighted by Gasteiger charge is 2.52. The number of carbonyl (C=O) groups excluding carboxylic acids is 3. The minimum atomic E-state index is -1.19. The minimum absolute atomic E-state index is 0.0637. The molecule has 4 amide bonds. The summed E-state index contributed by atoms with van der Waals surface area (Å²) < 4.78 is 10.3. The van der Waals surface area contributed by atoms with Crippen LogP contribution in [0.3, 0.4) is 0 Å². The van der Waals surface area contributed by atoms with Crippen molar-refractivity contribution in [2.45, 2.75) is 89.0 Å². The zero-order valence-electron chi connectivity index (χ0n) is 34.1. The van der Waals surface area contributed by atoms with Crippen LogP contribution in [0, 0.1) is 17.8 Å². The zero-order valence-corrected chi connectivity index (χ0v) is 34.1. The third-order valence-corrected chi connectivity index (χ3v) is 13.3. The lowest BCUT2D eigenvalue weighted by molar-refractivity contribution is -0.140. The number of hydrogen-bond donors (Lipinski definition) is 5. The van der Waals surface area contributed by atoms with Crippen molar-refractivity contribution in [1.82, 2.24) is 40.4 Å². The van der Waals surface area contributed by atoms with Crippen molar-refractivity contribution in [3.63, 3.8) is 0 Å². The van der Waals surface area contributed by atoms with Crippen LogP contribution in [0.25, 0.3) is 44.2 Å². The Labute approximate surface area is 347 Å². The summed E-state index contributed by atoms with van der Waals surface area (Å²) in [7, 11) is 1.29. The molecule has 5 heterocycles. The van der Waals surface area contributed by atoms with Gasteiger partial charge in [0, 0.05) is 31.2 Å². The van der Waals surface area contributed by atoms with Gasteiger partial charge in [0.15, 0.2) is 0 Å². The molecule has 3 aliphatic heterocycles. The Hall–Kier alpha value is -5.96. The first-order chi connectivity index (χ1) is 29.1. The molecule has 2 aromatic heterocycles. The van der Waals surface area contributed by atoms with Crippen molar-refractivity contribution in [1.29, 1.82) is 0 Å². The Bertz CT molecular complexity index is 2420. The van der Waals surface area contributed by atoms with E-state index < -0.39 is 24.3 Å². The SMILES string of the molecule is COC(=O)NC(C(=O)N1CCC[C@H]1c1ncc(-c2ccc(-c3ccc4c(ccc5nc([C@@H]6[C@H]7CC[C@H](C7)N6C(=O)C(NC(=O)O)C6CCOCC6)[nH]c54)c3)cc2)[nH]1)C(C)C. The number of aromatic nitrogens is 4. The van der Waals surface area contributed by atoms with Crippen LogP contribution in [-0.4, -0.2) is 104 Å². The third-order valence-electron chi connectivity index (χ3n) is 13.3. The van der Waals surface area contributed by atoms with Crippen molar-refractivity contribution >= 4 is 45.8 Å². The summed E-state index contributed by atoms with van der Waals surface area (Å²) in [6, 6.07) is 16.9. The van der Waals surface area contributed by atoms with E-state index in [9.17, 15) is 24.3 Å². The fraction of sp³-hybridized carbons (Fsp3) is 0.467. The molecule has 1 aliphatic carbocycles. The summed E-state index contributed by atoms with van der Waals surface area (Å²) in [6.07, 6.45) is 5.70. The lowest BCUT2D eigenvalue weighted by Crippen LogP contribution is -2.55. The van der Waals surface area contributed by atoms with E-state index in [-0.39, 0.29) is 47.7 Å². The minimum Gasteiger partial charge on any atom is -0.465 e. The summed E-state index contributed by atoms with van der Waals surface area (Å²) in [5.74, 6) is 1.21. The number of nitrogens with one attached hydrogen (secondary N) is 4. The number of H-pyrrole nitrogens is 2. The first kappa shape index (κ1) is 39.5. The predicted octanol–water partition coefficient (Wildman–Crippen LogP) is 6.93. The molecular formula is C45H52N8O7. The van der Waals surface area contributed by atoms with Crippen LogP contribution in [0.5, 0.6) is 0 Å². The van der Waals surface area contributed by atoms with Crippen molar-refractivity contribution in [2.24, 2.45) is 17.8 Å². The Morgan fingerprint density at radius 2 is 1.65 bits per heavy atom. The number of benzene rings is 3. The van der Waals surface area contributed by atoms with Crippen molar-refractivity contribution in [2.75, 3.05) is 26.9 Å². The number of likely N-dealkylation sites (tertiary alicyclic amines) is 2. The van der Waals surface area contributed by atoms with E-state index in [0.29, 0.717) is 32.6 Å². The second-order valence-electron chi connectivity index (χ2n) is 17.1. The number of alkyl carbamates (subject to hydrolysis) is 1. The van der Waals surface area contributed by atoms with Gasteiger partial charge in [0.25, 0.3) is 0 Å². The molecule has 3 saturated heterocycles. The number of fused-ring (bicyclic) bond motifs is 5. The summed E-state index contributed by atoms with van der Waals surface area (Å²) in [5.41, 5.74) is 5.69. The summed E-state index contributed by atoms with van der Waals surface area (Å²) in [4.78, 5) is 72.4. The second-order valence-corrected chi connectivity index (χ2v) is 17.1. The fourth-order valence-electron chi connectivity index (χ4n) is 10.2. The molecule has 1 saturated carbocycles. The number of hydrogen-bond acceptors (Lipinski definition) is 8. The smallest absolute Gasteiger partial charge is 0.407 e. The van der Waals surface area contributed by atoms with Crippen LogP contribution < -0.4 is 10.6 Å². The van der Waals surface area contributed by atoms with Gasteiger partial charge in [0.05, 0.1) is 42.1 Å². The number of imidazole rings is 2. The van der Waals surface area contributed by atoms with E-state index in [4.69, 9.17) is 19.4 Å². The second kappa shape index (κ2) is 16.2. The van der Waals surface area contributed by atoms with Crippen molar-refractivity contribution in [3.8, 4) is 22.4 Å². The number of nitrogens with zero attached hydrogens (tertiary/aromatic N) is 4. The number of carbonyl (C=O) groups is 4. The topological polar surface area (TPSA) is 195 Å². The van der Waals surface area contributed by atoms with Crippen molar-refractivity contribution in [3.05, 3.63) is 72.4 Å². The van der Waals surface area contributed by atoms with Crippen LogP contribution >= 0.6 is 0 Å². The molecule has 15 heteroatoms. The van der Waals surface area contributed by atoms with E-state index in [1.807, 2.05) is 29.7 Å². The van der Waals surface area contributed by atoms with Gasteiger partial charge < -0.3 is 45.0 Å². The molecule has 0 spiro atoms. The molecule has 2 bridgehead atoms. The van der Waals surface area contributed by atoms with Crippen LogP contribution in [0.15, 0.2) is 60.8 Å². The van der Waals surface area contributed by atoms with Crippen molar-refractivity contribution < 1.29 is 33.8 Å². The van der Waals surface area contributed by atoms with E-state index in [0.717, 1.165) is 87.9 Å². The molecule has 5 aromatic rings. The summed E-state index contributed by atoms with van der Waals surface area (Å²) in [5, 5.41) is 17.1. The van der Waals surface area contributed by atoms with Gasteiger partial charge in [-0.25, -0.2) is 19.6 Å². The molecule has 2 unspecified atom stereocenters. The van der Waals surface area contributed by atoms with Gasteiger partial charge in [-0.2, -0.15) is 0 Å². The molecule has 60 heavy (non-hydrogen) atoms. The van der Waals surface area contributed by atoms with E-state index in [1.165, 1.54) is 7.11 Å². The summed E-state index contributed by atoms with van der Waals surface area (Å²) >= 11 is 0. The monoisotopic (exact) mass is 816 g/mol. The first-order valence-corrected chi connectivity index (χ1v) is 21.2. The molecular weight excluding hydrogens is 765 g/mol. The van der Waals surface area contributed by atoms with Crippen LogP contribution in [-0.2, 0) is 19.1 Å². The number of methoxy groups -OCH3 is 1. The van der Waals surface area contributed by atoms with E-state index in [2.05, 4.69) is 69.1 Å². The molecule has 4 aliphatic rings. The van der Waals surface area contributed by atoms with Gasteiger partial charge in [-0.15, -0.1) is 0 Å². The number of ether oxygens (including phenoxy) is 2. The average molecular weight is 817 g/mol. The lowest BCUT2D eigenvalue weighted by atomic mass is 9.89. The quantitative estimate of drug-likeness (QED) is 0.0993. The number of amides is 4. The van der Waals surface area contributed by atoms with Crippen LogP contribution in [0.4, 0.5) is 9.59 Å². The Balaban J connectivity index is 0.928. The highest BCUT2D eigenvalue weighted by molar-refractivity contribution is 6.05. The molecule has 5 N–H and O–H groups in total. The highest BCUT2D eigenvalue weighted by atomic mass is 16.5. The van der Waals surface area contributed by atoms with Gasteiger partial charge in [0.2, 0.25) is 11.8 Å².